The van der Waals surface area contributed by atoms with Crippen molar-refractivity contribution >= 4 is 5.97 Å². The number of hydrogen-bond donors (Lipinski definition) is 2. The molecule has 0 aromatic heterocycles. The monoisotopic (exact) mass is 247 g/mol. The van der Waals surface area contributed by atoms with Crippen molar-refractivity contribution in [2.24, 2.45) is 0 Å². The van der Waals surface area contributed by atoms with Crippen LogP contribution in [0.2, 0.25) is 0 Å². The molecule has 2 saturated heterocycles. The Bertz CT molecular complexity index is 488. The van der Waals surface area contributed by atoms with Crippen molar-refractivity contribution in [3.63, 3.8) is 0 Å². The van der Waals surface area contributed by atoms with Crippen LogP contribution in [0.15, 0.2) is 24.3 Å². The molecule has 2 fully saturated rings. The predicted octanol–water partition coefficient (Wildman–Crippen LogP) is 1.54. The van der Waals surface area contributed by atoms with Crippen LogP contribution in [0.4, 0.5) is 0 Å². The van der Waals surface area contributed by atoms with Gasteiger partial charge in [0.1, 0.15) is 11.2 Å². The standard InChI is InChI=1S/C14H17NO3/c1-18-11-4-2-3-9(7-11)14(13(16)17)8-10-5-6-12(14)15-10/h2-4,7,10,12,15H,5-6,8H2,1H3,(H,16,17). The molecule has 2 aliphatic heterocycles. The first-order chi connectivity index (χ1) is 8.66. The van der Waals surface area contributed by atoms with Gasteiger partial charge in [-0.1, -0.05) is 12.1 Å². The molecule has 3 rings (SSSR count). The smallest absolute Gasteiger partial charge is 0.315 e. The summed E-state index contributed by atoms with van der Waals surface area (Å²) >= 11 is 0. The van der Waals surface area contributed by atoms with Crippen molar-refractivity contribution < 1.29 is 14.6 Å². The Balaban J connectivity index is 2.07. The lowest BCUT2D eigenvalue weighted by Crippen LogP contribution is -2.46. The van der Waals surface area contributed by atoms with E-state index in [9.17, 15) is 9.90 Å². The molecule has 3 atom stereocenters. The molecule has 4 nitrogen and oxygen atoms in total. The van der Waals surface area contributed by atoms with E-state index in [2.05, 4.69) is 5.32 Å². The van der Waals surface area contributed by atoms with Gasteiger partial charge in [0, 0.05) is 12.1 Å². The largest absolute Gasteiger partial charge is 0.497 e. The zero-order valence-corrected chi connectivity index (χ0v) is 10.3. The summed E-state index contributed by atoms with van der Waals surface area (Å²) in [5.74, 6) is -0.00801. The summed E-state index contributed by atoms with van der Waals surface area (Å²) in [6, 6.07) is 7.87. The summed E-state index contributed by atoms with van der Waals surface area (Å²) in [5.41, 5.74) is 0.0753. The number of hydrogen-bond acceptors (Lipinski definition) is 3. The molecule has 0 radical (unpaired) electrons. The van der Waals surface area contributed by atoms with Crippen LogP contribution in [0, 0.1) is 0 Å². The van der Waals surface area contributed by atoms with Gasteiger partial charge >= 0.3 is 5.97 Å². The van der Waals surface area contributed by atoms with Crippen molar-refractivity contribution in [3.05, 3.63) is 29.8 Å². The molecule has 2 aliphatic rings. The molecule has 2 bridgehead atoms. The third-order valence-electron chi connectivity index (χ3n) is 4.37. The molecule has 3 unspecified atom stereocenters. The fraction of sp³-hybridized carbons (Fsp3) is 0.500. The molecule has 4 heteroatoms. The Morgan fingerprint density at radius 2 is 2.33 bits per heavy atom. The van der Waals surface area contributed by atoms with Crippen molar-refractivity contribution in [3.8, 4) is 5.75 Å². The summed E-state index contributed by atoms with van der Waals surface area (Å²) < 4.78 is 5.21. The van der Waals surface area contributed by atoms with Crippen molar-refractivity contribution in [1.29, 1.82) is 0 Å². The van der Waals surface area contributed by atoms with Gasteiger partial charge in [-0.05, 0) is 37.0 Å². The molecule has 0 spiro atoms. The number of rotatable bonds is 3. The van der Waals surface area contributed by atoms with E-state index in [0.29, 0.717) is 12.5 Å². The number of carboxylic acid groups (broad SMARTS) is 1. The van der Waals surface area contributed by atoms with Gasteiger partial charge < -0.3 is 15.2 Å². The van der Waals surface area contributed by atoms with Crippen LogP contribution in [0.3, 0.4) is 0 Å². The van der Waals surface area contributed by atoms with Crippen LogP contribution in [-0.4, -0.2) is 30.3 Å². The molecule has 0 aliphatic carbocycles. The Hall–Kier alpha value is -1.55. The molecule has 0 saturated carbocycles. The molecule has 1 aromatic carbocycles. The third kappa shape index (κ3) is 1.45. The second-order valence-corrected chi connectivity index (χ2v) is 5.21. The zero-order valence-electron chi connectivity index (χ0n) is 10.3. The van der Waals surface area contributed by atoms with Crippen LogP contribution >= 0.6 is 0 Å². The number of ether oxygens (including phenoxy) is 1. The first kappa shape index (κ1) is 11.5. The Morgan fingerprint density at radius 3 is 2.89 bits per heavy atom. The van der Waals surface area contributed by atoms with Gasteiger partial charge in [0.25, 0.3) is 0 Å². The van der Waals surface area contributed by atoms with E-state index in [1.54, 1.807) is 7.11 Å². The van der Waals surface area contributed by atoms with Crippen molar-refractivity contribution in [2.75, 3.05) is 7.11 Å². The minimum absolute atomic E-state index is 0.0482. The highest BCUT2D eigenvalue weighted by atomic mass is 16.5. The normalized spacial score (nSPS) is 33.6. The molecule has 2 heterocycles. The summed E-state index contributed by atoms with van der Waals surface area (Å²) in [5, 5.41) is 13.1. The molecule has 96 valence electrons. The molecular formula is C14H17NO3. The van der Waals surface area contributed by atoms with Gasteiger partial charge in [-0.2, -0.15) is 0 Å². The molecule has 0 amide bonds. The SMILES string of the molecule is COc1cccc(C2(C(=O)O)CC3CCC2N3)c1. The molecule has 1 aromatic rings. The van der Waals surface area contributed by atoms with Crippen LogP contribution in [0.25, 0.3) is 0 Å². The Labute approximate surface area is 106 Å². The lowest BCUT2D eigenvalue weighted by Gasteiger charge is -2.33. The number of aliphatic carboxylic acids is 1. The van der Waals surface area contributed by atoms with E-state index in [1.807, 2.05) is 24.3 Å². The van der Waals surface area contributed by atoms with Crippen LogP contribution in [0.1, 0.15) is 24.8 Å². The Kier molecular flexibility index (Phi) is 2.55. The minimum Gasteiger partial charge on any atom is -0.497 e. The first-order valence-corrected chi connectivity index (χ1v) is 6.31. The van der Waals surface area contributed by atoms with Crippen LogP contribution in [0.5, 0.6) is 5.75 Å². The summed E-state index contributed by atoms with van der Waals surface area (Å²) in [6.45, 7) is 0. The maximum absolute atomic E-state index is 11.8. The average molecular weight is 247 g/mol. The maximum Gasteiger partial charge on any atom is 0.315 e. The maximum atomic E-state index is 11.8. The van der Waals surface area contributed by atoms with E-state index in [0.717, 1.165) is 24.2 Å². The van der Waals surface area contributed by atoms with Gasteiger partial charge in [0.15, 0.2) is 0 Å². The van der Waals surface area contributed by atoms with Gasteiger partial charge in [-0.25, -0.2) is 0 Å². The topological polar surface area (TPSA) is 58.6 Å². The number of benzene rings is 1. The van der Waals surface area contributed by atoms with Crippen LogP contribution < -0.4 is 10.1 Å². The molecular weight excluding hydrogens is 230 g/mol. The second kappa shape index (κ2) is 3.99. The van der Waals surface area contributed by atoms with E-state index in [1.165, 1.54) is 0 Å². The van der Waals surface area contributed by atoms with Gasteiger partial charge in [0.2, 0.25) is 0 Å². The quantitative estimate of drug-likeness (QED) is 0.850. The highest BCUT2D eigenvalue weighted by Crippen LogP contribution is 2.46. The van der Waals surface area contributed by atoms with Crippen molar-refractivity contribution in [2.45, 2.75) is 36.8 Å². The first-order valence-electron chi connectivity index (χ1n) is 6.31. The lowest BCUT2D eigenvalue weighted by atomic mass is 9.69. The summed E-state index contributed by atoms with van der Waals surface area (Å²) in [7, 11) is 1.60. The van der Waals surface area contributed by atoms with Crippen LogP contribution in [-0.2, 0) is 10.2 Å². The number of carboxylic acids is 1. The zero-order chi connectivity index (χ0) is 12.8. The number of methoxy groups -OCH3 is 1. The number of carbonyl (C=O) groups is 1. The minimum atomic E-state index is -0.780. The van der Waals surface area contributed by atoms with Crippen molar-refractivity contribution in [1.82, 2.24) is 5.32 Å². The summed E-state index contributed by atoms with van der Waals surface area (Å²) in [4.78, 5) is 11.8. The van der Waals surface area contributed by atoms with E-state index in [4.69, 9.17) is 4.74 Å². The number of fused-ring (bicyclic) bond motifs is 2. The number of nitrogens with one attached hydrogen (secondary N) is 1. The fourth-order valence-corrected chi connectivity index (χ4v) is 3.48. The van der Waals surface area contributed by atoms with E-state index >= 15 is 0 Å². The van der Waals surface area contributed by atoms with E-state index in [-0.39, 0.29) is 6.04 Å². The Morgan fingerprint density at radius 1 is 1.50 bits per heavy atom. The predicted molar refractivity (Wildman–Crippen MR) is 66.9 cm³/mol. The van der Waals surface area contributed by atoms with Gasteiger partial charge in [0.05, 0.1) is 7.11 Å². The molecule has 18 heavy (non-hydrogen) atoms. The lowest BCUT2D eigenvalue weighted by molar-refractivity contribution is -0.144. The third-order valence-corrected chi connectivity index (χ3v) is 4.37. The highest BCUT2D eigenvalue weighted by Gasteiger charge is 2.56. The fourth-order valence-electron chi connectivity index (χ4n) is 3.48. The average Bonchev–Trinajstić information content (AvgIpc) is 2.99. The molecule has 2 N–H and O–H groups in total. The van der Waals surface area contributed by atoms with Gasteiger partial charge in [-0.3, -0.25) is 4.79 Å². The van der Waals surface area contributed by atoms with Gasteiger partial charge in [-0.15, -0.1) is 0 Å². The summed E-state index contributed by atoms with van der Waals surface area (Å²) in [6.07, 6.45) is 2.71. The second-order valence-electron chi connectivity index (χ2n) is 5.21. The highest BCUT2D eigenvalue weighted by molar-refractivity contribution is 5.84. The van der Waals surface area contributed by atoms with E-state index < -0.39 is 11.4 Å².